The Labute approximate surface area is 188 Å². The van der Waals surface area contributed by atoms with Crippen LogP contribution in [0.5, 0.6) is 0 Å². The molecule has 0 amide bonds. The number of piperazine rings is 1. The summed E-state index contributed by atoms with van der Waals surface area (Å²) in [6.07, 6.45) is 5.44. The summed E-state index contributed by atoms with van der Waals surface area (Å²) in [5.74, 6) is 1.62. The predicted molar refractivity (Wildman–Crippen MR) is 125 cm³/mol. The molecule has 1 saturated heterocycles. The predicted octanol–water partition coefficient (Wildman–Crippen LogP) is 3.02. The topological polar surface area (TPSA) is 99.9 Å². The van der Waals surface area contributed by atoms with Crippen molar-refractivity contribution in [3.63, 3.8) is 0 Å². The fraction of sp³-hybridized carbons (Fsp3) is 0.227. The standard InChI is InChI=1S/C22H21N9S/c1-14-18(16-4-2-3-9-31(16)29-14)22-27-19(20(32-22)21-25-13-26-28-21)15-5-6-17(24-12-15)30-10-7-23-8-11-30/h2-6,9,12-13,23H,7-8,10-11H2,1H3,(H,25,26,28). The van der Waals surface area contributed by atoms with Gasteiger partial charge in [-0.1, -0.05) is 6.07 Å². The number of aryl methyl sites for hydroxylation is 1. The van der Waals surface area contributed by atoms with Crippen LogP contribution in [0.2, 0.25) is 0 Å². The molecule has 32 heavy (non-hydrogen) atoms. The number of aromatic amines is 1. The minimum absolute atomic E-state index is 0.629. The van der Waals surface area contributed by atoms with E-state index in [9.17, 15) is 0 Å². The number of rotatable bonds is 4. The van der Waals surface area contributed by atoms with E-state index in [1.165, 1.54) is 0 Å². The van der Waals surface area contributed by atoms with Gasteiger partial charge in [-0.05, 0) is 31.2 Å². The SMILES string of the molecule is Cc1nn2ccccc2c1-c1nc(-c2ccc(N3CCNCC3)nc2)c(-c2nc[nH]n2)s1. The third kappa shape index (κ3) is 3.24. The number of aromatic nitrogens is 7. The van der Waals surface area contributed by atoms with Gasteiger partial charge in [-0.15, -0.1) is 11.3 Å². The summed E-state index contributed by atoms with van der Waals surface area (Å²) < 4.78 is 1.89. The Morgan fingerprint density at radius 3 is 2.75 bits per heavy atom. The van der Waals surface area contributed by atoms with Crippen molar-refractivity contribution in [2.45, 2.75) is 6.92 Å². The van der Waals surface area contributed by atoms with Gasteiger partial charge in [0.15, 0.2) is 5.82 Å². The number of pyridine rings is 2. The summed E-state index contributed by atoms with van der Waals surface area (Å²) >= 11 is 1.58. The maximum atomic E-state index is 5.04. The molecule has 0 radical (unpaired) electrons. The molecule has 1 aliphatic heterocycles. The Morgan fingerprint density at radius 2 is 1.97 bits per heavy atom. The lowest BCUT2D eigenvalue weighted by Crippen LogP contribution is -2.43. The molecule has 0 aromatic carbocycles. The van der Waals surface area contributed by atoms with Crippen LogP contribution in [-0.4, -0.2) is 60.9 Å². The first-order chi connectivity index (χ1) is 15.8. The zero-order valence-electron chi connectivity index (χ0n) is 17.5. The Hall–Kier alpha value is -3.63. The molecule has 10 heteroatoms. The molecule has 0 saturated carbocycles. The van der Waals surface area contributed by atoms with Crippen molar-refractivity contribution in [3.8, 4) is 32.5 Å². The number of fused-ring (bicyclic) bond motifs is 1. The Morgan fingerprint density at radius 1 is 1.06 bits per heavy atom. The molecule has 0 atom stereocenters. The molecule has 1 fully saturated rings. The van der Waals surface area contributed by atoms with Gasteiger partial charge < -0.3 is 10.2 Å². The van der Waals surface area contributed by atoms with Crippen LogP contribution in [0.3, 0.4) is 0 Å². The minimum Gasteiger partial charge on any atom is -0.354 e. The largest absolute Gasteiger partial charge is 0.354 e. The van der Waals surface area contributed by atoms with Gasteiger partial charge in [-0.3, -0.25) is 5.10 Å². The lowest BCUT2D eigenvalue weighted by molar-refractivity contribution is 0.585. The van der Waals surface area contributed by atoms with Gasteiger partial charge in [0.05, 0.1) is 22.5 Å². The van der Waals surface area contributed by atoms with Crippen LogP contribution in [0.15, 0.2) is 49.1 Å². The molecule has 160 valence electrons. The van der Waals surface area contributed by atoms with Crippen molar-refractivity contribution < 1.29 is 0 Å². The summed E-state index contributed by atoms with van der Waals surface area (Å²) in [6, 6.07) is 10.2. The molecule has 0 bridgehead atoms. The molecule has 1 aliphatic rings. The van der Waals surface area contributed by atoms with Crippen LogP contribution in [0, 0.1) is 6.92 Å². The minimum atomic E-state index is 0.629. The van der Waals surface area contributed by atoms with E-state index in [1.807, 2.05) is 36.0 Å². The second kappa shape index (κ2) is 7.81. The number of hydrogen-bond donors (Lipinski definition) is 2. The highest BCUT2D eigenvalue weighted by Crippen LogP contribution is 2.41. The average Bonchev–Trinajstić information content (AvgIpc) is 3.57. The molecular weight excluding hydrogens is 422 g/mol. The van der Waals surface area contributed by atoms with Crippen LogP contribution < -0.4 is 10.2 Å². The van der Waals surface area contributed by atoms with Gasteiger partial charge in [-0.25, -0.2) is 19.5 Å². The van der Waals surface area contributed by atoms with Crippen LogP contribution in [0.25, 0.3) is 38.0 Å². The van der Waals surface area contributed by atoms with Crippen molar-refractivity contribution in [2.75, 3.05) is 31.1 Å². The monoisotopic (exact) mass is 443 g/mol. The zero-order chi connectivity index (χ0) is 21.5. The summed E-state index contributed by atoms with van der Waals surface area (Å²) in [5.41, 5.74) is 4.77. The molecule has 6 heterocycles. The quantitative estimate of drug-likeness (QED) is 0.440. The van der Waals surface area contributed by atoms with Gasteiger partial charge >= 0.3 is 0 Å². The highest BCUT2D eigenvalue weighted by Gasteiger charge is 2.22. The second-order valence-electron chi connectivity index (χ2n) is 7.65. The number of hydrogen-bond acceptors (Lipinski definition) is 8. The van der Waals surface area contributed by atoms with Crippen molar-refractivity contribution in [3.05, 3.63) is 54.7 Å². The molecule has 5 aromatic heterocycles. The van der Waals surface area contributed by atoms with E-state index in [2.05, 4.69) is 48.7 Å². The van der Waals surface area contributed by atoms with E-state index < -0.39 is 0 Å². The van der Waals surface area contributed by atoms with Crippen molar-refractivity contribution in [2.24, 2.45) is 0 Å². The molecule has 0 aliphatic carbocycles. The van der Waals surface area contributed by atoms with Gasteiger partial charge in [-0.2, -0.15) is 10.2 Å². The number of anilines is 1. The normalized spacial score (nSPS) is 14.3. The molecular formula is C22H21N9S. The molecule has 2 N–H and O–H groups in total. The van der Waals surface area contributed by atoms with Crippen molar-refractivity contribution >= 4 is 22.7 Å². The summed E-state index contributed by atoms with van der Waals surface area (Å²) in [5, 5.41) is 16.1. The van der Waals surface area contributed by atoms with Gasteiger partial charge in [0, 0.05) is 44.1 Å². The molecule has 6 rings (SSSR count). The average molecular weight is 444 g/mol. The molecule has 0 spiro atoms. The highest BCUT2D eigenvalue weighted by molar-refractivity contribution is 7.19. The summed E-state index contributed by atoms with van der Waals surface area (Å²) in [6.45, 7) is 5.90. The van der Waals surface area contributed by atoms with E-state index in [0.717, 1.165) is 69.9 Å². The first-order valence-corrected chi connectivity index (χ1v) is 11.3. The zero-order valence-corrected chi connectivity index (χ0v) is 18.3. The fourth-order valence-electron chi connectivity index (χ4n) is 4.08. The maximum absolute atomic E-state index is 5.04. The van der Waals surface area contributed by atoms with Gasteiger partial charge in [0.2, 0.25) is 0 Å². The van der Waals surface area contributed by atoms with Crippen molar-refractivity contribution in [1.82, 2.24) is 40.1 Å². The van der Waals surface area contributed by atoms with Gasteiger partial charge in [0.1, 0.15) is 22.0 Å². The number of thiazole rings is 1. The third-order valence-corrected chi connectivity index (χ3v) is 6.71. The van der Waals surface area contributed by atoms with Crippen molar-refractivity contribution in [1.29, 1.82) is 0 Å². The number of nitrogens with one attached hydrogen (secondary N) is 2. The number of nitrogens with zero attached hydrogens (tertiary/aromatic N) is 7. The van der Waals surface area contributed by atoms with E-state index in [4.69, 9.17) is 9.97 Å². The number of H-pyrrole nitrogens is 1. The summed E-state index contributed by atoms with van der Waals surface area (Å²) in [7, 11) is 0. The van der Waals surface area contributed by atoms with E-state index in [0.29, 0.717) is 5.82 Å². The van der Waals surface area contributed by atoms with Crippen LogP contribution in [-0.2, 0) is 0 Å². The van der Waals surface area contributed by atoms with E-state index >= 15 is 0 Å². The molecule has 0 unspecified atom stereocenters. The lowest BCUT2D eigenvalue weighted by atomic mass is 10.1. The van der Waals surface area contributed by atoms with Crippen LogP contribution in [0.4, 0.5) is 5.82 Å². The Balaban J connectivity index is 1.46. The first-order valence-electron chi connectivity index (χ1n) is 10.5. The van der Waals surface area contributed by atoms with Crippen LogP contribution >= 0.6 is 11.3 Å². The smallest absolute Gasteiger partial charge is 0.193 e. The first kappa shape index (κ1) is 19.1. The molecule has 5 aromatic rings. The van der Waals surface area contributed by atoms with Gasteiger partial charge in [0.25, 0.3) is 0 Å². The molecule has 9 nitrogen and oxygen atoms in total. The van der Waals surface area contributed by atoms with Crippen LogP contribution in [0.1, 0.15) is 5.69 Å². The van der Waals surface area contributed by atoms with E-state index in [-0.39, 0.29) is 0 Å². The second-order valence-corrected chi connectivity index (χ2v) is 8.65. The van der Waals surface area contributed by atoms with E-state index in [1.54, 1.807) is 17.7 Å². The Kier molecular flexibility index (Phi) is 4.66. The lowest BCUT2D eigenvalue weighted by Gasteiger charge is -2.28. The highest BCUT2D eigenvalue weighted by atomic mass is 32.1. The third-order valence-electron chi connectivity index (χ3n) is 5.64. The summed E-state index contributed by atoms with van der Waals surface area (Å²) in [4.78, 5) is 17.4. The fourth-order valence-corrected chi connectivity index (χ4v) is 5.22. The maximum Gasteiger partial charge on any atom is 0.193 e. The Bertz CT molecular complexity index is 1360.